The van der Waals surface area contributed by atoms with Crippen LogP contribution >= 0.6 is 0 Å². The van der Waals surface area contributed by atoms with Gasteiger partial charge in [-0.15, -0.1) is 6.42 Å². The van der Waals surface area contributed by atoms with Crippen molar-refractivity contribution in [2.45, 2.75) is 78.6 Å². The predicted octanol–water partition coefficient (Wildman–Crippen LogP) is 4.11. The molecule has 0 saturated heterocycles. The molecule has 0 aromatic heterocycles. The number of nitrogens with two attached hydrogens (primary N) is 1. The molecule has 0 heterocycles. The van der Waals surface area contributed by atoms with E-state index < -0.39 is 0 Å². The second-order valence-electron chi connectivity index (χ2n) is 10.3. The fraction of sp³-hybridized carbons (Fsp3) is 0.870. The lowest BCUT2D eigenvalue weighted by molar-refractivity contribution is -0.162. The van der Waals surface area contributed by atoms with Crippen molar-refractivity contribution in [2.75, 3.05) is 13.1 Å². The highest BCUT2D eigenvalue weighted by atomic mass is 16.1. The molecule has 3 N–H and O–H groups in total. The molecule has 26 heavy (non-hydrogen) atoms. The third-order valence-electron chi connectivity index (χ3n) is 8.70. The SMILES string of the molecule is C#CC(=O)NC[C@]1(C)CCC[C@]2(C)C1CC[C@]1(CCN)C[C@H](C)CCC12. The van der Waals surface area contributed by atoms with Gasteiger partial charge in [0.1, 0.15) is 0 Å². The Kier molecular flexibility index (Phi) is 5.46. The van der Waals surface area contributed by atoms with Gasteiger partial charge < -0.3 is 11.1 Å². The van der Waals surface area contributed by atoms with E-state index >= 15 is 0 Å². The maximum Gasteiger partial charge on any atom is 0.295 e. The number of carbonyl (C=O) groups excluding carboxylic acids is 1. The first-order valence-electron chi connectivity index (χ1n) is 10.7. The van der Waals surface area contributed by atoms with Crippen LogP contribution in [0.1, 0.15) is 78.6 Å². The maximum atomic E-state index is 11.7. The molecule has 3 nitrogen and oxygen atoms in total. The second kappa shape index (κ2) is 7.19. The average molecular weight is 359 g/mol. The number of amides is 1. The molecule has 2 unspecified atom stereocenters. The van der Waals surface area contributed by atoms with Crippen molar-refractivity contribution in [3.63, 3.8) is 0 Å². The Morgan fingerprint density at radius 2 is 1.96 bits per heavy atom. The van der Waals surface area contributed by atoms with E-state index in [2.05, 4.69) is 32.0 Å². The molecule has 0 spiro atoms. The van der Waals surface area contributed by atoms with Gasteiger partial charge >= 0.3 is 0 Å². The van der Waals surface area contributed by atoms with Gasteiger partial charge in [0.05, 0.1) is 0 Å². The van der Waals surface area contributed by atoms with Crippen molar-refractivity contribution < 1.29 is 4.79 Å². The van der Waals surface area contributed by atoms with Crippen LogP contribution in [0.3, 0.4) is 0 Å². The molecule has 3 aliphatic carbocycles. The summed E-state index contributed by atoms with van der Waals surface area (Å²) in [5.41, 5.74) is 7.10. The fourth-order valence-corrected chi connectivity index (χ4v) is 7.78. The number of carbonyl (C=O) groups is 1. The minimum absolute atomic E-state index is 0.164. The lowest BCUT2D eigenvalue weighted by Crippen LogP contribution is -2.59. The standard InChI is InChI=1S/C23H38N2O/c1-5-20(26)25-16-21(3)10-6-11-22(4)18(21)9-12-23(13-14-24)15-17(2)7-8-19(22)23/h1,17-19H,6-16,24H2,2-4H3,(H,25,26)/t17-,18?,19?,21+,22-,23+/m1/s1. The molecule has 3 saturated carbocycles. The average Bonchev–Trinajstić information content (AvgIpc) is 2.59. The van der Waals surface area contributed by atoms with Crippen LogP contribution in [0.25, 0.3) is 0 Å². The van der Waals surface area contributed by atoms with Gasteiger partial charge in [-0.05, 0) is 91.4 Å². The van der Waals surface area contributed by atoms with Crippen LogP contribution in [0.2, 0.25) is 0 Å². The van der Waals surface area contributed by atoms with Gasteiger partial charge in [0.2, 0.25) is 0 Å². The normalized spacial score (nSPS) is 45.1. The first-order chi connectivity index (χ1) is 12.3. The van der Waals surface area contributed by atoms with E-state index in [1.165, 1.54) is 57.8 Å². The summed E-state index contributed by atoms with van der Waals surface area (Å²) >= 11 is 0. The third-order valence-corrected chi connectivity index (χ3v) is 8.70. The molecular weight excluding hydrogens is 320 g/mol. The minimum atomic E-state index is -0.265. The van der Waals surface area contributed by atoms with Crippen LogP contribution in [0.5, 0.6) is 0 Å². The summed E-state index contributed by atoms with van der Waals surface area (Å²) < 4.78 is 0. The van der Waals surface area contributed by atoms with Crippen LogP contribution in [-0.4, -0.2) is 19.0 Å². The van der Waals surface area contributed by atoms with Crippen molar-refractivity contribution in [2.24, 2.45) is 39.7 Å². The van der Waals surface area contributed by atoms with Crippen molar-refractivity contribution in [3.05, 3.63) is 0 Å². The summed E-state index contributed by atoms with van der Waals surface area (Å²) in [6.07, 6.45) is 16.9. The number of nitrogens with one attached hydrogen (secondary N) is 1. The van der Waals surface area contributed by atoms with Crippen molar-refractivity contribution in [1.29, 1.82) is 0 Å². The molecule has 6 atom stereocenters. The van der Waals surface area contributed by atoms with Gasteiger partial charge in [0.15, 0.2) is 0 Å². The summed E-state index contributed by atoms with van der Waals surface area (Å²) in [4.78, 5) is 11.7. The van der Waals surface area contributed by atoms with E-state index in [0.29, 0.717) is 16.7 Å². The number of rotatable bonds is 4. The van der Waals surface area contributed by atoms with Gasteiger partial charge in [-0.3, -0.25) is 4.79 Å². The second-order valence-corrected chi connectivity index (χ2v) is 10.3. The van der Waals surface area contributed by atoms with Gasteiger partial charge in [-0.1, -0.05) is 33.6 Å². The Bertz CT molecular complexity index is 581. The summed E-state index contributed by atoms with van der Waals surface area (Å²) in [5, 5.41) is 3.01. The number of hydrogen-bond acceptors (Lipinski definition) is 2. The molecule has 0 aromatic rings. The lowest BCUT2D eigenvalue weighted by Gasteiger charge is -2.66. The van der Waals surface area contributed by atoms with Crippen molar-refractivity contribution in [3.8, 4) is 12.3 Å². The highest BCUT2D eigenvalue weighted by molar-refractivity contribution is 5.92. The molecule has 3 aliphatic rings. The van der Waals surface area contributed by atoms with Gasteiger partial charge in [0, 0.05) is 6.54 Å². The summed E-state index contributed by atoms with van der Waals surface area (Å²) in [7, 11) is 0. The smallest absolute Gasteiger partial charge is 0.295 e. The number of hydrogen-bond donors (Lipinski definition) is 2. The van der Waals surface area contributed by atoms with Crippen molar-refractivity contribution >= 4 is 5.91 Å². The van der Waals surface area contributed by atoms with E-state index in [1.54, 1.807) is 0 Å². The molecular formula is C23H38N2O. The summed E-state index contributed by atoms with van der Waals surface area (Å²) in [6, 6.07) is 0. The Balaban J connectivity index is 1.88. The molecule has 0 aromatic carbocycles. The number of fused-ring (bicyclic) bond motifs is 3. The Labute approximate surface area is 160 Å². The van der Waals surface area contributed by atoms with E-state index in [0.717, 1.165) is 24.9 Å². The lowest BCUT2D eigenvalue weighted by atomic mass is 9.39. The van der Waals surface area contributed by atoms with Crippen LogP contribution < -0.4 is 11.1 Å². The van der Waals surface area contributed by atoms with Gasteiger partial charge in [-0.25, -0.2) is 0 Å². The van der Waals surface area contributed by atoms with Crippen LogP contribution in [0.15, 0.2) is 0 Å². The molecule has 0 aliphatic heterocycles. The fourth-order valence-electron chi connectivity index (χ4n) is 7.78. The topological polar surface area (TPSA) is 55.1 Å². The third kappa shape index (κ3) is 3.19. The summed E-state index contributed by atoms with van der Waals surface area (Å²) in [5.74, 6) is 4.24. The first kappa shape index (κ1) is 19.7. The van der Waals surface area contributed by atoms with Crippen molar-refractivity contribution in [1.82, 2.24) is 5.32 Å². The Morgan fingerprint density at radius 1 is 1.19 bits per heavy atom. The molecule has 146 valence electrons. The Hall–Kier alpha value is -1.01. The highest BCUT2D eigenvalue weighted by Crippen LogP contribution is 2.68. The molecule has 1 amide bonds. The largest absolute Gasteiger partial charge is 0.345 e. The van der Waals surface area contributed by atoms with Gasteiger partial charge in [0.25, 0.3) is 5.91 Å². The predicted molar refractivity (Wildman–Crippen MR) is 107 cm³/mol. The summed E-state index contributed by atoms with van der Waals surface area (Å²) in [6.45, 7) is 8.95. The zero-order valence-corrected chi connectivity index (χ0v) is 17.1. The van der Waals surface area contributed by atoms with Gasteiger partial charge in [-0.2, -0.15) is 0 Å². The molecule has 3 heteroatoms. The quantitative estimate of drug-likeness (QED) is 0.743. The van der Waals surface area contributed by atoms with E-state index in [1.807, 2.05) is 0 Å². The number of terminal acetylenes is 1. The Morgan fingerprint density at radius 3 is 2.65 bits per heavy atom. The molecule has 0 radical (unpaired) electrons. The first-order valence-corrected chi connectivity index (χ1v) is 10.7. The zero-order valence-electron chi connectivity index (χ0n) is 17.1. The van der Waals surface area contributed by atoms with Crippen LogP contribution in [-0.2, 0) is 4.79 Å². The maximum absolute atomic E-state index is 11.7. The highest BCUT2D eigenvalue weighted by Gasteiger charge is 2.60. The zero-order chi connectivity index (χ0) is 19.0. The van der Waals surface area contributed by atoms with E-state index in [4.69, 9.17) is 12.2 Å². The molecule has 0 bridgehead atoms. The van der Waals surface area contributed by atoms with Crippen LogP contribution in [0, 0.1) is 46.3 Å². The molecule has 3 rings (SSSR count). The van der Waals surface area contributed by atoms with E-state index in [-0.39, 0.29) is 11.3 Å². The monoisotopic (exact) mass is 358 g/mol. The van der Waals surface area contributed by atoms with Crippen LogP contribution in [0.4, 0.5) is 0 Å². The minimum Gasteiger partial charge on any atom is -0.345 e. The molecule has 3 fully saturated rings. The van der Waals surface area contributed by atoms with E-state index in [9.17, 15) is 4.79 Å².